The zero-order chi connectivity index (χ0) is 16.8. The zero-order valence-corrected chi connectivity index (χ0v) is 14.2. The maximum absolute atomic E-state index is 12.4. The smallest absolute Gasteiger partial charge is 0.258 e. The minimum atomic E-state index is -1.34. The summed E-state index contributed by atoms with van der Waals surface area (Å²) in [6, 6.07) is 0. The van der Waals surface area contributed by atoms with Crippen LogP contribution in [0.2, 0.25) is 0 Å². The van der Waals surface area contributed by atoms with Crippen LogP contribution in [0, 0.1) is 0 Å². The van der Waals surface area contributed by atoms with E-state index in [4.69, 9.17) is 4.74 Å². The number of epoxide rings is 1. The molecule has 0 aliphatic carbocycles. The second kappa shape index (κ2) is 7.92. The summed E-state index contributed by atoms with van der Waals surface area (Å²) in [7, 11) is 0. The van der Waals surface area contributed by atoms with Gasteiger partial charge >= 0.3 is 0 Å². The fourth-order valence-electron chi connectivity index (χ4n) is 2.55. The third-order valence-electron chi connectivity index (χ3n) is 4.01. The molecule has 6 nitrogen and oxygen atoms in total. The van der Waals surface area contributed by atoms with Gasteiger partial charge in [-0.1, -0.05) is 26.7 Å². The Morgan fingerprint density at radius 1 is 1.14 bits per heavy atom. The number of hydrogen-bond donors (Lipinski definition) is 3. The summed E-state index contributed by atoms with van der Waals surface area (Å²) in [5, 5.41) is 15.9. The zero-order valence-electron chi connectivity index (χ0n) is 14.2. The molecule has 0 unspecified atom stereocenters. The van der Waals surface area contributed by atoms with Gasteiger partial charge in [0.1, 0.15) is 6.10 Å². The molecule has 1 aliphatic rings. The van der Waals surface area contributed by atoms with Gasteiger partial charge in [-0.05, 0) is 26.7 Å². The van der Waals surface area contributed by atoms with Crippen molar-refractivity contribution >= 4 is 11.8 Å². The van der Waals surface area contributed by atoms with Crippen LogP contribution in [-0.2, 0) is 14.3 Å². The summed E-state index contributed by atoms with van der Waals surface area (Å²) in [6.45, 7) is 8.35. The first kappa shape index (κ1) is 18.9. The van der Waals surface area contributed by atoms with Crippen LogP contribution < -0.4 is 10.6 Å². The minimum Gasteiger partial charge on any atom is -0.387 e. The number of carbonyl (C=O) groups excluding carboxylic acids is 2. The Labute approximate surface area is 133 Å². The molecule has 1 heterocycles. The van der Waals surface area contributed by atoms with Gasteiger partial charge in [-0.2, -0.15) is 0 Å². The van der Waals surface area contributed by atoms with Gasteiger partial charge in [-0.25, -0.2) is 0 Å². The van der Waals surface area contributed by atoms with Gasteiger partial charge < -0.3 is 20.5 Å². The second-order valence-electron chi connectivity index (χ2n) is 6.42. The Morgan fingerprint density at radius 3 is 2.18 bits per heavy atom. The first-order chi connectivity index (χ1) is 10.3. The molecular weight excluding hydrogens is 284 g/mol. The maximum Gasteiger partial charge on any atom is 0.258 e. The van der Waals surface area contributed by atoms with Crippen molar-refractivity contribution in [3.63, 3.8) is 0 Å². The van der Waals surface area contributed by atoms with E-state index in [0.29, 0.717) is 13.1 Å². The van der Waals surface area contributed by atoms with Crippen molar-refractivity contribution in [1.82, 2.24) is 10.6 Å². The summed E-state index contributed by atoms with van der Waals surface area (Å²) in [5.41, 5.74) is -2.65. The van der Waals surface area contributed by atoms with Gasteiger partial charge in [0.15, 0.2) is 0 Å². The first-order valence-corrected chi connectivity index (χ1v) is 8.24. The van der Waals surface area contributed by atoms with Crippen LogP contribution in [0.5, 0.6) is 0 Å². The normalized spacial score (nSPS) is 24.0. The van der Waals surface area contributed by atoms with Crippen LogP contribution >= 0.6 is 0 Å². The Kier molecular flexibility index (Phi) is 6.81. The summed E-state index contributed by atoms with van der Waals surface area (Å²) >= 11 is 0. The lowest BCUT2D eigenvalue weighted by atomic mass is 9.85. The van der Waals surface area contributed by atoms with Gasteiger partial charge in [-0.3, -0.25) is 9.59 Å². The lowest BCUT2D eigenvalue weighted by Gasteiger charge is -2.26. The monoisotopic (exact) mass is 314 g/mol. The third-order valence-corrected chi connectivity index (χ3v) is 4.01. The van der Waals surface area contributed by atoms with Crippen molar-refractivity contribution in [3.05, 3.63) is 0 Å². The number of unbranched alkanes of at least 4 members (excludes halogenated alkanes) is 2. The molecule has 2 amide bonds. The van der Waals surface area contributed by atoms with Crippen molar-refractivity contribution in [3.8, 4) is 0 Å². The van der Waals surface area contributed by atoms with E-state index >= 15 is 0 Å². The molecule has 0 radical (unpaired) electrons. The SMILES string of the molecule is CCCCNC(=O)C[C@H]1O[C@@]1(C(=O)NCCCC)C(C)(C)O. The molecule has 1 fully saturated rings. The summed E-state index contributed by atoms with van der Waals surface area (Å²) in [4.78, 5) is 24.2. The van der Waals surface area contributed by atoms with Gasteiger partial charge in [0.05, 0.1) is 12.0 Å². The Hall–Kier alpha value is -1.14. The lowest BCUT2D eigenvalue weighted by molar-refractivity contribution is -0.135. The number of nitrogens with one attached hydrogen (secondary N) is 2. The van der Waals surface area contributed by atoms with E-state index in [0.717, 1.165) is 25.7 Å². The molecule has 0 saturated carbocycles. The molecule has 0 bridgehead atoms. The van der Waals surface area contributed by atoms with E-state index in [9.17, 15) is 14.7 Å². The summed E-state index contributed by atoms with van der Waals surface area (Å²) in [6.07, 6.45) is 3.29. The topological polar surface area (TPSA) is 91.0 Å². The summed E-state index contributed by atoms with van der Waals surface area (Å²) in [5.74, 6) is -0.481. The predicted octanol–water partition coefficient (Wildman–Crippen LogP) is 1.12. The van der Waals surface area contributed by atoms with Crippen molar-refractivity contribution in [2.75, 3.05) is 13.1 Å². The molecule has 22 heavy (non-hydrogen) atoms. The Bertz CT molecular complexity index is 392. The van der Waals surface area contributed by atoms with Crippen LogP contribution in [0.1, 0.15) is 59.8 Å². The Balaban J connectivity index is 2.59. The average Bonchev–Trinajstić information content (AvgIpc) is 3.14. The Morgan fingerprint density at radius 2 is 1.68 bits per heavy atom. The largest absolute Gasteiger partial charge is 0.387 e. The number of aliphatic hydroxyl groups is 1. The molecule has 1 saturated heterocycles. The number of carbonyl (C=O) groups is 2. The van der Waals surface area contributed by atoms with E-state index < -0.39 is 17.3 Å². The van der Waals surface area contributed by atoms with Gasteiger partial charge in [-0.15, -0.1) is 0 Å². The van der Waals surface area contributed by atoms with Gasteiger partial charge in [0.25, 0.3) is 5.91 Å². The van der Waals surface area contributed by atoms with Crippen molar-refractivity contribution < 1.29 is 19.4 Å². The fourth-order valence-corrected chi connectivity index (χ4v) is 2.55. The van der Waals surface area contributed by atoms with Crippen LogP contribution in [0.3, 0.4) is 0 Å². The molecule has 0 aromatic heterocycles. The van der Waals surface area contributed by atoms with E-state index in [1.54, 1.807) is 13.8 Å². The molecule has 6 heteroatoms. The van der Waals surface area contributed by atoms with Crippen LogP contribution in [0.4, 0.5) is 0 Å². The molecule has 1 aliphatic heterocycles. The van der Waals surface area contributed by atoms with E-state index in [1.165, 1.54) is 0 Å². The fraction of sp³-hybridized carbons (Fsp3) is 0.875. The molecule has 0 aromatic carbocycles. The highest BCUT2D eigenvalue weighted by Gasteiger charge is 2.70. The summed E-state index contributed by atoms with van der Waals surface area (Å²) < 4.78 is 5.52. The van der Waals surface area contributed by atoms with Crippen molar-refractivity contribution in [1.29, 1.82) is 0 Å². The van der Waals surface area contributed by atoms with E-state index in [-0.39, 0.29) is 18.2 Å². The lowest BCUT2D eigenvalue weighted by Crippen LogP contribution is -2.53. The number of amides is 2. The van der Waals surface area contributed by atoms with E-state index in [2.05, 4.69) is 17.6 Å². The first-order valence-electron chi connectivity index (χ1n) is 8.24. The van der Waals surface area contributed by atoms with E-state index in [1.807, 2.05) is 6.92 Å². The average molecular weight is 314 g/mol. The van der Waals surface area contributed by atoms with Crippen molar-refractivity contribution in [2.45, 2.75) is 77.1 Å². The van der Waals surface area contributed by atoms with Crippen LogP contribution in [-0.4, -0.2) is 47.3 Å². The third kappa shape index (κ3) is 4.43. The van der Waals surface area contributed by atoms with Crippen LogP contribution in [0.15, 0.2) is 0 Å². The molecule has 2 atom stereocenters. The number of hydrogen-bond acceptors (Lipinski definition) is 4. The second-order valence-corrected chi connectivity index (χ2v) is 6.42. The van der Waals surface area contributed by atoms with Gasteiger partial charge in [0, 0.05) is 13.1 Å². The highest BCUT2D eigenvalue weighted by atomic mass is 16.6. The molecule has 0 spiro atoms. The quantitative estimate of drug-likeness (QED) is 0.416. The van der Waals surface area contributed by atoms with Crippen molar-refractivity contribution in [2.24, 2.45) is 0 Å². The molecule has 128 valence electrons. The highest BCUT2D eigenvalue weighted by molar-refractivity contribution is 5.91. The number of ether oxygens (including phenoxy) is 1. The number of rotatable bonds is 10. The molecule has 1 rings (SSSR count). The van der Waals surface area contributed by atoms with Crippen LogP contribution in [0.25, 0.3) is 0 Å². The minimum absolute atomic E-state index is 0.0922. The van der Waals surface area contributed by atoms with Gasteiger partial charge in [0.2, 0.25) is 11.5 Å². The molecule has 3 N–H and O–H groups in total. The molecule has 0 aromatic rings. The highest BCUT2D eigenvalue weighted by Crippen LogP contribution is 2.47. The standard InChI is InChI=1S/C16H30N2O4/c1-5-7-9-17-13(19)11-12-16(22-12,15(3,4)21)14(20)18-10-8-6-2/h12,21H,5-11H2,1-4H3,(H,17,19)(H,18,20)/t12-,16+/m1/s1. The maximum atomic E-state index is 12.4. The molecular formula is C16H30N2O4. The predicted molar refractivity (Wildman–Crippen MR) is 84.4 cm³/mol.